The van der Waals surface area contributed by atoms with Gasteiger partial charge in [0.15, 0.2) is 0 Å². The largest absolute Gasteiger partial charge is 0.348 e. The van der Waals surface area contributed by atoms with Crippen molar-refractivity contribution < 1.29 is 9.59 Å². The van der Waals surface area contributed by atoms with Gasteiger partial charge >= 0.3 is 0 Å². The Kier molecular flexibility index (Phi) is 5.21. The van der Waals surface area contributed by atoms with Crippen LogP contribution in [0.3, 0.4) is 0 Å². The van der Waals surface area contributed by atoms with Crippen molar-refractivity contribution >= 4 is 11.8 Å². The highest BCUT2D eigenvalue weighted by atomic mass is 16.2. The molecule has 0 radical (unpaired) electrons. The summed E-state index contributed by atoms with van der Waals surface area (Å²) in [6, 6.07) is 14.8. The van der Waals surface area contributed by atoms with Crippen LogP contribution in [0.25, 0.3) is 0 Å². The van der Waals surface area contributed by atoms with Gasteiger partial charge in [-0.05, 0) is 30.5 Å². The summed E-state index contributed by atoms with van der Waals surface area (Å²) in [7, 11) is 0. The quantitative estimate of drug-likeness (QED) is 0.888. The minimum absolute atomic E-state index is 0.209. The van der Waals surface area contributed by atoms with Crippen LogP contribution in [0.5, 0.6) is 0 Å². The van der Waals surface area contributed by atoms with Crippen LogP contribution in [0.4, 0.5) is 0 Å². The SMILES string of the molecule is O=C(NCc1ccccc1)c1cccc(C(=O)NC2CCCC2)n1. The van der Waals surface area contributed by atoms with E-state index >= 15 is 0 Å². The average Bonchev–Trinajstić information content (AvgIpc) is 3.13. The molecule has 1 saturated carbocycles. The number of nitrogens with zero attached hydrogens (tertiary/aromatic N) is 1. The highest BCUT2D eigenvalue weighted by molar-refractivity contribution is 5.96. The number of pyridine rings is 1. The lowest BCUT2D eigenvalue weighted by Crippen LogP contribution is -2.33. The van der Waals surface area contributed by atoms with Gasteiger partial charge in [0, 0.05) is 12.6 Å². The number of hydrogen-bond donors (Lipinski definition) is 2. The molecular formula is C19H21N3O2. The van der Waals surface area contributed by atoms with Crippen molar-refractivity contribution in [2.45, 2.75) is 38.3 Å². The topological polar surface area (TPSA) is 71.1 Å². The number of aromatic nitrogens is 1. The zero-order chi connectivity index (χ0) is 16.8. The first-order valence-electron chi connectivity index (χ1n) is 8.32. The zero-order valence-corrected chi connectivity index (χ0v) is 13.5. The highest BCUT2D eigenvalue weighted by Crippen LogP contribution is 2.18. The Labute approximate surface area is 141 Å². The van der Waals surface area contributed by atoms with Gasteiger partial charge in [0.05, 0.1) is 0 Å². The summed E-state index contributed by atoms with van der Waals surface area (Å²) < 4.78 is 0. The summed E-state index contributed by atoms with van der Waals surface area (Å²) in [4.78, 5) is 28.7. The van der Waals surface area contributed by atoms with Gasteiger partial charge in [-0.3, -0.25) is 9.59 Å². The van der Waals surface area contributed by atoms with Crippen LogP contribution < -0.4 is 10.6 Å². The van der Waals surface area contributed by atoms with Crippen LogP contribution >= 0.6 is 0 Å². The molecule has 5 heteroatoms. The Balaban J connectivity index is 1.61. The van der Waals surface area contributed by atoms with Gasteiger partial charge in [-0.15, -0.1) is 0 Å². The number of amides is 2. The van der Waals surface area contributed by atoms with E-state index in [4.69, 9.17) is 0 Å². The van der Waals surface area contributed by atoms with E-state index in [1.807, 2.05) is 30.3 Å². The first-order chi connectivity index (χ1) is 11.7. The molecule has 0 atom stereocenters. The first-order valence-corrected chi connectivity index (χ1v) is 8.32. The number of hydrogen-bond acceptors (Lipinski definition) is 3. The van der Waals surface area contributed by atoms with Crippen molar-refractivity contribution in [3.8, 4) is 0 Å². The average molecular weight is 323 g/mol. The van der Waals surface area contributed by atoms with E-state index in [1.54, 1.807) is 18.2 Å². The summed E-state index contributed by atoms with van der Waals surface area (Å²) in [6.07, 6.45) is 4.34. The molecule has 24 heavy (non-hydrogen) atoms. The van der Waals surface area contributed by atoms with Crippen LogP contribution in [-0.2, 0) is 6.54 Å². The van der Waals surface area contributed by atoms with Gasteiger partial charge in [0.1, 0.15) is 11.4 Å². The second kappa shape index (κ2) is 7.73. The standard InChI is InChI=1S/C19H21N3O2/c23-18(20-13-14-7-2-1-3-8-14)16-11-6-12-17(22-16)19(24)21-15-9-4-5-10-15/h1-3,6-8,11-12,15H,4-5,9-10,13H2,(H,20,23)(H,21,24). The molecule has 124 valence electrons. The Hall–Kier alpha value is -2.69. The molecule has 5 nitrogen and oxygen atoms in total. The van der Waals surface area contributed by atoms with E-state index in [0.717, 1.165) is 31.2 Å². The molecular weight excluding hydrogens is 302 g/mol. The Morgan fingerprint density at radius 2 is 1.58 bits per heavy atom. The lowest BCUT2D eigenvalue weighted by Gasteiger charge is -2.12. The molecule has 3 rings (SSSR count). The van der Waals surface area contributed by atoms with Crippen LogP contribution in [0.1, 0.15) is 52.2 Å². The smallest absolute Gasteiger partial charge is 0.270 e. The fourth-order valence-corrected chi connectivity index (χ4v) is 2.89. The third-order valence-electron chi connectivity index (χ3n) is 4.20. The summed E-state index contributed by atoms with van der Waals surface area (Å²) in [6.45, 7) is 0.430. The molecule has 1 aliphatic carbocycles. The van der Waals surface area contributed by atoms with Gasteiger partial charge in [-0.2, -0.15) is 0 Å². The summed E-state index contributed by atoms with van der Waals surface area (Å²) in [5.41, 5.74) is 1.56. The fraction of sp³-hybridized carbons (Fsp3) is 0.316. The van der Waals surface area contributed by atoms with Crippen LogP contribution in [0.2, 0.25) is 0 Å². The molecule has 2 aromatic rings. The number of carbonyl (C=O) groups is 2. The maximum absolute atomic E-state index is 12.2. The number of rotatable bonds is 5. The van der Waals surface area contributed by atoms with Crippen LogP contribution in [0, 0.1) is 0 Å². The third kappa shape index (κ3) is 4.19. The van der Waals surface area contributed by atoms with E-state index in [9.17, 15) is 9.59 Å². The number of carbonyl (C=O) groups excluding carboxylic acids is 2. The molecule has 0 saturated heterocycles. The maximum Gasteiger partial charge on any atom is 0.270 e. The van der Waals surface area contributed by atoms with Crippen molar-refractivity contribution in [2.24, 2.45) is 0 Å². The molecule has 0 spiro atoms. The van der Waals surface area contributed by atoms with Crippen molar-refractivity contribution in [3.05, 3.63) is 65.5 Å². The highest BCUT2D eigenvalue weighted by Gasteiger charge is 2.19. The molecule has 2 amide bonds. The van der Waals surface area contributed by atoms with E-state index < -0.39 is 0 Å². The van der Waals surface area contributed by atoms with Gasteiger partial charge in [-0.1, -0.05) is 49.2 Å². The number of nitrogens with one attached hydrogen (secondary N) is 2. The van der Waals surface area contributed by atoms with Crippen molar-refractivity contribution in [1.82, 2.24) is 15.6 Å². The summed E-state index contributed by atoms with van der Waals surface area (Å²) >= 11 is 0. The lowest BCUT2D eigenvalue weighted by molar-refractivity contribution is 0.0931. The summed E-state index contributed by atoms with van der Waals surface area (Å²) in [5.74, 6) is -0.492. The van der Waals surface area contributed by atoms with Crippen molar-refractivity contribution in [1.29, 1.82) is 0 Å². The minimum Gasteiger partial charge on any atom is -0.348 e. The van der Waals surface area contributed by atoms with Gasteiger partial charge in [0.2, 0.25) is 0 Å². The normalized spacial score (nSPS) is 14.3. The second-order valence-electron chi connectivity index (χ2n) is 6.03. The van der Waals surface area contributed by atoms with Gasteiger partial charge in [-0.25, -0.2) is 4.98 Å². The predicted molar refractivity (Wildman–Crippen MR) is 91.6 cm³/mol. The van der Waals surface area contributed by atoms with Crippen molar-refractivity contribution in [3.63, 3.8) is 0 Å². The summed E-state index contributed by atoms with van der Waals surface area (Å²) in [5, 5.41) is 5.81. The molecule has 1 aromatic heterocycles. The molecule has 2 N–H and O–H groups in total. The van der Waals surface area contributed by atoms with Gasteiger partial charge in [0.25, 0.3) is 11.8 Å². The van der Waals surface area contributed by atoms with Crippen LogP contribution in [-0.4, -0.2) is 22.8 Å². The molecule has 1 aliphatic rings. The zero-order valence-electron chi connectivity index (χ0n) is 13.5. The molecule has 0 unspecified atom stereocenters. The Bertz CT molecular complexity index is 710. The molecule has 1 aromatic carbocycles. The Morgan fingerprint density at radius 1 is 0.917 bits per heavy atom. The first kappa shape index (κ1) is 16.2. The molecule has 1 heterocycles. The lowest BCUT2D eigenvalue weighted by atomic mass is 10.2. The fourth-order valence-electron chi connectivity index (χ4n) is 2.89. The maximum atomic E-state index is 12.2. The number of benzene rings is 1. The Morgan fingerprint density at radius 3 is 2.29 bits per heavy atom. The van der Waals surface area contributed by atoms with E-state index in [0.29, 0.717) is 6.54 Å². The molecule has 1 fully saturated rings. The van der Waals surface area contributed by atoms with Crippen molar-refractivity contribution in [2.75, 3.05) is 0 Å². The third-order valence-corrected chi connectivity index (χ3v) is 4.20. The minimum atomic E-state index is -0.283. The predicted octanol–water partition coefficient (Wildman–Crippen LogP) is 2.68. The van der Waals surface area contributed by atoms with Crippen LogP contribution in [0.15, 0.2) is 48.5 Å². The molecule has 0 bridgehead atoms. The van der Waals surface area contributed by atoms with Gasteiger partial charge < -0.3 is 10.6 Å². The molecule has 0 aliphatic heterocycles. The van der Waals surface area contributed by atoms with E-state index in [-0.39, 0.29) is 29.2 Å². The second-order valence-corrected chi connectivity index (χ2v) is 6.03. The van der Waals surface area contributed by atoms with E-state index in [2.05, 4.69) is 15.6 Å². The monoisotopic (exact) mass is 323 g/mol. The van der Waals surface area contributed by atoms with E-state index in [1.165, 1.54) is 0 Å².